The molecule has 0 aliphatic heterocycles. The van der Waals surface area contributed by atoms with Crippen LogP contribution in [0.25, 0.3) is 11.0 Å². The van der Waals surface area contributed by atoms with E-state index in [4.69, 9.17) is 0 Å². The summed E-state index contributed by atoms with van der Waals surface area (Å²) in [5, 5.41) is 1.34. The lowest BCUT2D eigenvalue weighted by Gasteiger charge is -1.96. The molecule has 0 saturated carbocycles. The summed E-state index contributed by atoms with van der Waals surface area (Å²) in [4.78, 5) is 3.21. The molecule has 2 heterocycles. The van der Waals surface area contributed by atoms with Crippen LogP contribution in [0.4, 0.5) is 0 Å². The minimum atomic E-state index is 1.22. The van der Waals surface area contributed by atoms with Crippen LogP contribution < -0.4 is 0 Å². The second kappa shape index (κ2) is 1.91. The van der Waals surface area contributed by atoms with Gasteiger partial charge >= 0.3 is 0 Å². The molecule has 1 N–H and O–H groups in total. The first kappa shape index (κ1) is 6.53. The highest BCUT2D eigenvalue weighted by molar-refractivity contribution is 5.82. The number of aryl methyl sites for hydroxylation is 2. The Morgan fingerprint density at radius 3 is 2.73 bits per heavy atom. The van der Waals surface area contributed by atoms with Crippen LogP contribution in [-0.2, 0) is 7.05 Å². The van der Waals surface area contributed by atoms with Crippen LogP contribution in [0.5, 0.6) is 0 Å². The fourth-order valence-corrected chi connectivity index (χ4v) is 1.55. The highest BCUT2D eigenvalue weighted by Crippen LogP contribution is 2.21. The van der Waals surface area contributed by atoms with Crippen molar-refractivity contribution in [3.63, 3.8) is 0 Å². The highest BCUT2D eigenvalue weighted by atomic mass is 15.0. The molecule has 11 heavy (non-hydrogen) atoms. The summed E-state index contributed by atoms with van der Waals surface area (Å²) < 4.78 is 2.19. The standard InChI is InChI=1S/C9H12N2/c1-6-7(2)11(3)9-8(6)4-5-10-9/h4-5,10H,1-3H3. The van der Waals surface area contributed by atoms with Crippen LogP contribution in [0.15, 0.2) is 12.3 Å². The van der Waals surface area contributed by atoms with E-state index in [0.717, 1.165) is 0 Å². The third-order valence-corrected chi connectivity index (χ3v) is 2.51. The summed E-state index contributed by atoms with van der Waals surface area (Å²) in [6.07, 6.45) is 1.98. The van der Waals surface area contributed by atoms with Gasteiger partial charge in [0.2, 0.25) is 0 Å². The Bertz CT molecular complexity index is 358. The van der Waals surface area contributed by atoms with Crippen LogP contribution >= 0.6 is 0 Å². The van der Waals surface area contributed by atoms with Crippen molar-refractivity contribution in [1.29, 1.82) is 0 Å². The second-order valence-electron chi connectivity index (χ2n) is 3.01. The molecular formula is C9H12N2. The molecule has 0 amide bonds. The van der Waals surface area contributed by atoms with Crippen molar-refractivity contribution < 1.29 is 0 Å². The molecule has 0 radical (unpaired) electrons. The first-order chi connectivity index (χ1) is 5.22. The van der Waals surface area contributed by atoms with Crippen LogP contribution in [0, 0.1) is 13.8 Å². The van der Waals surface area contributed by atoms with Crippen molar-refractivity contribution >= 4 is 11.0 Å². The zero-order valence-corrected chi connectivity index (χ0v) is 7.10. The van der Waals surface area contributed by atoms with E-state index in [1.54, 1.807) is 0 Å². The van der Waals surface area contributed by atoms with Gasteiger partial charge in [-0.05, 0) is 25.5 Å². The summed E-state index contributed by atoms with van der Waals surface area (Å²) in [6.45, 7) is 4.30. The lowest BCUT2D eigenvalue weighted by atomic mass is 10.2. The van der Waals surface area contributed by atoms with Gasteiger partial charge in [0.05, 0.1) is 0 Å². The molecule has 0 spiro atoms. The third kappa shape index (κ3) is 0.666. The second-order valence-corrected chi connectivity index (χ2v) is 3.01. The third-order valence-electron chi connectivity index (χ3n) is 2.51. The number of hydrogen-bond acceptors (Lipinski definition) is 0. The summed E-state index contributed by atoms with van der Waals surface area (Å²) in [6, 6.07) is 2.12. The van der Waals surface area contributed by atoms with Gasteiger partial charge in [-0.2, -0.15) is 0 Å². The molecule has 58 valence electrons. The highest BCUT2D eigenvalue weighted by Gasteiger charge is 2.07. The van der Waals surface area contributed by atoms with Crippen molar-refractivity contribution in [2.45, 2.75) is 13.8 Å². The maximum atomic E-state index is 3.21. The largest absolute Gasteiger partial charge is 0.348 e. The van der Waals surface area contributed by atoms with Gasteiger partial charge in [0.1, 0.15) is 5.65 Å². The van der Waals surface area contributed by atoms with Crippen molar-refractivity contribution in [2.24, 2.45) is 7.05 Å². The molecule has 0 aliphatic rings. The van der Waals surface area contributed by atoms with Gasteiger partial charge < -0.3 is 9.55 Å². The summed E-state index contributed by atoms with van der Waals surface area (Å²) in [7, 11) is 2.08. The van der Waals surface area contributed by atoms with Gasteiger partial charge in [-0.15, -0.1) is 0 Å². The number of fused-ring (bicyclic) bond motifs is 1. The molecular weight excluding hydrogens is 136 g/mol. The van der Waals surface area contributed by atoms with Crippen LogP contribution in [-0.4, -0.2) is 9.55 Å². The first-order valence-corrected chi connectivity index (χ1v) is 3.81. The number of nitrogens with one attached hydrogen (secondary N) is 1. The minimum absolute atomic E-state index is 1.22. The lowest BCUT2D eigenvalue weighted by molar-refractivity contribution is 0.896. The summed E-state index contributed by atoms with van der Waals surface area (Å²) in [5.74, 6) is 0. The normalized spacial score (nSPS) is 11.2. The van der Waals surface area contributed by atoms with Crippen LogP contribution in [0.2, 0.25) is 0 Å². The van der Waals surface area contributed by atoms with E-state index in [1.165, 1.54) is 22.3 Å². The zero-order valence-electron chi connectivity index (χ0n) is 7.10. The van der Waals surface area contributed by atoms with E-state index >= 15 is 0 Å². The average molecular weight is 148 g/mol. The number of nitrogens with zero attached hydrogens (tertiary/aromatic N) is 1. The fourth-order valence-electron chi connectivity index (χ4n) is 1.55. The molecule has 0 fully saturated rings. The number of rotatable bonds is 0. The number of H-pyrrole nitrogens is 1. The Morgan fingerprint density at radius 1 is 1.36 bits per heavy atom. The van der Waals surface area contributed by atoms with Crippen molar-refractivity contribution in [3.8, 4) is 0 Å². The quantitative estimate of drug-likeness (QED) is 0.590. The van der Waals surface area contributed by atoms with Crippen molar-refractivity contribution in [1.82, 2.24) is 9.55 Å². The molecule has 2 aromatic rings. The van der Waals surface area contributed by atoms with Gasteiger partial charge in [-0.1, -0.05) is 0 Å². The first-order valence-electron chi connectivity index (χ1n) is 3.81. The Hall–Kier alpha value is -1.18. The molecule has 0 unspecified atom stereocenters. The summed E-state index contributed by atoms with van der Waals surface area (Å²) >= 11 is 0. The molecule has 2 rings (SSSR count). The monoisotopic (exact) mass is 148 g/mol. The van der Waals surface area contributed by atoms with E-state index in [0.29, 0.717) is 0 Å². The molecule has 0 saturated heterocycles. The summed E-state index contributed by atoms with van der Waals surface area (Å²) in [5.41, 5.74) is 3.94. The number of aromatic amines is 1. The zero-order chi connectivity index (χ0) is 8.01. The maximum Gasteiger partial charge on any atom is 0.117 e. The lowest BCUT2D eigenvalue weighted by Crippen LogP contribution is -1.90. The predicted octanol–water partition coefficient (Wildman–Crippen LogP) is 2.12. The number of hydrogen-bond donors (Lipinski definition) is 1. The molecule has 0 atom stereocenters. The smallest absolute Gasteiger partial charge is 0.117 e. The van der Waals surface area contributed by atoms with Gasteiger partial charge in [0.15, 0.2) is 0 Å². The van der Waals surface area contributed by atoms with E-state index in [1.807, 2.05) is 6.20 Å². The topological polar surface area (TPSA) is 20.7 Å². The molecule has 2 nitrogen and oxygen atoms in total. The van der Waals surface area contributed by atoms with E-state index in [9.17, 15) is 0 Å². The Balaban J connectivity index is 3.00. The van der Waals surface area contributed by atoms with Crippen molar-refractivity contribution in [2.75, 3.05) is 0 Å². The maximum absolute atomic E-state index is 3.21. The van der Waals surface area contributed by atoms with E-state index in [-0.39, 0.29) is 0 Å². The van der Waals surface area contributed by atoms with Gasteiger partial charge in [0, 0.05) is 24.3 Å². The predicted molar refractivity (Wildman–Crippen MR) is 46.7 cm³/mol. The average Bonchev–Trinajstić information content (AvgIpc) is 2.53. The van der Waals surface area contributed by atoms with Gasteiger partial charge in [-0.3, -0.25) is 0 Å². The minimum Gasteiger partial charge on any atom is -0.348 e. The van der Waals surface area contributed by atoms with Gasteiger partial charge in [-0.25, -0.2) is 0 Å². The Labute approximate surface area is 65.8 Å². The molecule has 0 aromatic carbocycles. The molecule has 2 heteroatoms. The Morgan fingerprint density at radius 2 is 2.09 bits per heavy atom. The van der Waals surface area contributed by atoms with Crippen molar-refractivity contribution in [3.05, 3.63) is 23.5 Å². The molecule has 0 bridgehead atoms. The fraction of sp³-hybridized carbons (Fsp3) is 0.333. The van der Waals surface area contributed by atoms with Crippen LogP contribution in [0.1, 0.15) is 11.3 Å². The van der Waals surface area contributed by atoms with E-state index in [2.05, 4.69) is 36.5 Å². The van der Waals surface area contributed by atoms with Gasteiger partial charge in [0.25, 0.3) is 0 Å². The molecule has 2 aromatic heterocycles. The Kier molecular flexibility index (Phi) is 1.13. The van der Waals surface area contributed by atoms with E-state index < -0.39 is 0 Å². The van der Waals surface area contributed by atoms with Crippen LogP contribution in [0.3, 0.4) is 0 Å². The SMILES string of the molecule is Cc1c(C)n(C)c2[nH]ccc12. The number of aromatic nitrogens is 2. The molecule has 0 aliphatic carbocycles.